The van der Waals surface area contributed by atoms with Crippen LogP contribution in [0.2, 0.25) is 0 Å². The fourth-order valence-corrected chi connectivity index (χ4v) is 1.36. The predicted octanol–water partition coefficient (Wildman–Crippen LogP) is 1.94. The zero-order chi connectivity index (χ0) is 10.9. The van der Waals surface area contributed by atoms with E-state index in [1.54, 1.807) is 6.92 Å². The highest BCUT2D eigenvalue weighted by atomic mass is 16.5. The number of ketones is 1. The van der Waals surface area contributed by atoms with Crippen molar-refractivity contribution in [1.82, 2.24) is 4.90 Å². The quantitative estimate of drug-likeness (QED) is 0.643. The van der Waals surface area contributed by atoms with Crippen molar-refractivity contribution in [3.63, 3.8) is 0 Å². The Kier molecular flexibility index (Phi) is 3.00. The van der Waals surface area contributed by atoms with Gasteiger partial charge in [0.25, 0.3) is 0 Å². The van der Waals surface area contributed by atoms with Crippen LogP contribution in [-0.2, 0) is 9.53 Å². The number of carbonyl (C=O) groups is 1. The van der Waals surface area contributed by atoms with Crippen molar-refractivity contribution in [2.45, 2.75) is 46.3 Å². The van der Waals surface area contributed by atoms with E-state index < -0.39 is 0 Å². The maximum Gasteiger partial charge on any atom is 0.159 e. The van der Waals surface area contributed by atoms with Gasteiger partial charge in [0.15, 0.2) is 5.78 Å². The zero-order valence-corrected chi connectivity index (χ0v) is 9.63. The summed E-state index contributed by atoms with van der Waals surface area (Å²) in [6.45, 7) is 10.3. The molecule has 0 fully saturated rings. The van der Waals surface area contributed by atoms with Gasteiger partial charge in [-0.1, -0.05) is 0 Å². The van der Waals surface area contributed by atoms with Crippen molar-refractivity contribution < 1.29 is 9.53 Å². The van der Waals surface area contributed by atoms with Gasteiger partial charge in [-0.05, 0) is 34.6 Å². The average Bonchev–Trinajstić information content (AvgIpc) is 2.02. The van der Waals surface area contributed by atoms with E-state index in [-0.39, 0.29) is 17.4 Å². The minimum atomic E-state index is -0.0777. The summed E-state index contributed by atoms with van der Waals surface area (Å²) in [5.41, 5.74) is 0.757. The van der Waals surface area contributed by atoms with Crippen molar-refractivity contribution in [3.05, 3.63) is 11.8 Å². The molecule has 0 spiro atoms. The van der Waals surface area contributed by atoms with Crippen LogP contribution < -0.4 is 0 Å². The summed E-state index contributed by atoms with van der Waals surface area (Å²) < 4.78 is 5.53. The lowest BCUT2D eigenvalue weighted by molar-refractivity contribution is -0.116. The molecule has 1 aliphatic heterocycles. The van der Waals surface area contributed by atoms with E-state index in [1.807, 2.05) is 18.0 Å². The van der Waals surface area contributed by atoms with Crippen LogP contribution in [-0.4, -0.2) is 29.1 Å². The maximum absolute atomic E-state index is 11.3. The van der Waals surface area contributed by atoms with Crippen LogP contribution in [0, 0.1) is 0 Å². The van der Waals surface area contributed by atoms with Crippen LogP contribution in [0.25, 0.3) is 0 Å². The minimum absolute atomic E-state index is 0.000833. The molecule has 80 valence electrons. The first-order valence-electron chi connectivity index (χ1n) is 4.93. The predicted molar refractivity (Wildman–Crippen MR) is 55.8 cm³/mol. The van der Waals surface area contributed by atoms with Gasteiger partial charge in [-0.2, -0.15) is 0 Å². The summed E-state index contributed by atoms with van der Waals surface area (Å²) in [5, 5.41) is 0. The van der Waals surface area contributed by atoms with E-state index in [1.165, 1.54) is 0 Å². The monoisotopic (exact) mass is 197 g/mol. The van der Waals surface area contributed by atoms with Crippen molar-refractivity contribution >= 4 is 5.78 Å². The lowest BCUT2D eigenvalue weighted by Gasteiger charge is -2.39. The molecule has 14 heavy (non-hydrogen) atoms. The molecule has 0 N–H and O–H groups in total. The normalized spacial score (nSPS) is 23.4. The number of nitrogens with zero attached hydrogens (tertiary/aromatic N) is 1. The molecule has 0 bridgehead atoms. The van der Waals surface area contributed by atoms with Crippen LogP contribution in [0.15, 0.2) is 11.8 Å². The lowest BCUT2D eigenvalue weighted by atomic mass is 10.0. The number of hydrogen-bond acceptors (Lipinski definition) is 3. The molecule has 0 aliphatic carbocycles. The van der Waals surface area contributed by atoms with Gasteiger partial charge in [0.2, 0.25) is 0 Å². The highest BCUT2D eigenvalue weighted by molar-refractivity contribution is 5.94. The summed E-state index contributed by atoms with van der Waals surface area (Å²) in [4.78, 5) is 13.4. The Morgan fingerprint density at radius 1 is 1.57 bits per heavy atom. The van der Waals surface area contributed by atoms with E-state index in [9.17, 15) is 4.79 Å². The van der Waals surface area contributed by atoms with Crippen molar-refractivity contribution in [3.8, 4) is 0 Å². The number of Topliss-reactive ketones (excluding diaryl/α,β-unsaturated/α-hetero) is 1. The standard InChI is InChI=1S/C11H19NO2/c1-8(13)10-6-12(11(3,4)5)7-14-9(10)2/h6,9H,7H2,1-5H3. The molecule has 0 amide bonds. The molecule has 1 aliphatic rings. The van der Waals surface area contributed by atoms with Crippen LogP contribution in [0.5, 0.6) is 0 Å². The molecule has 3 nitrogen and oxygen atoms in total. The Labute approximate surface area is 85.7 Å². The molecule has 0 aromatic rings. The molecule has 0 saturated heterocycles. The molecule has 1 rings (SSSR count). The Balaban J connectivity index is 2.91. The zero-order valence-electron chi connectivity index (χ0n) is 9.63. The van der Waals surface area contributed by atoms with E-state index >= 15 is 0 Å². The fourth-order valence-electron chi connectivity index (χ4n) is 1.36. The third-order valence-electron chi connectivity index (χ3n) is 2.46. The third-order valence-corrected chi connectivity index (χ3v) is 2.46. The molecular weight excluding hydrogens is 178 g/mol. The summed E-state index contributed by atoms with van der Waals surface area (Å²) in [6, 6.07) is 0. The molecule has 1 unspecified atom stereocenters. The number of carbonyl (C=O) groups excluding carboxylic acids is 1. The largest absolute Gasteiger partial charge is 0.353 e. The number of hydrogen-bond donors (Lipinski definition) is 0. The average molecular weight is 197 g/mol. The summed E-state index contributed by atoms with van der Waals surface area (Å²) >= 11 is 0. The van der Waals surface area contributed by atoms with Crippen LogP contribution in [0.1, 0.15) is 34.6 Å². The minimum Gasteiger partial charge on any atom is -0.353 e. The van der Waals surface area contributed by atoms with Gasteiger partial charge in [0.1, 0.15) is 6.73 Å². The van der Waals surface area contributed by atoms with Gasteiger partial charge in [0, 0.05) is 17.3 Å². The molecule has 1 atom stereocenters. The van der Waals surface area contributed by atoms with Crippen molar-refractivity contribution in [2.75, 3.05) is 6.73 Å². The summed E-state index contributed by atoms with van der Waals surface area (Å²) in [6.07, 6.45) is 1.85. The van der Waals surface area contributed by atoms with Crippen LogP contribution in [0.3, 0.4) is 0 Å². The number of ether oxygens (including phenoxy) is 1. The van der Waals surface area contributed by atoms with Crippen LogP contribution >= 0.6 is 0 Å². The first-order valence-corrected chi connectivity index (χ1v) is 4.93. The van der Waals surface area contributed by atoms with Gasteiger partial charge in [-0.3, -0.25) is 4.79 Å². The van der Waals surface area contributed by atoms with Gasteiger partial charge < -0.3 is 9.64 Å². The first-order chi connectivity index (χ1) is 6.32. The Morgan fingerprint density at radius 3 is 2.57 bits per heavy atom. The molecule has 0 aromatic heterocycles. The molecule has 0 radical (unpaired) electrons. The second kappa shape index (κ2) is 3.73. The second-order valence-corrected chi connectivity index (χ2v) is 4.72. The maximum atomic E-state index is 11.3. The third kappa shape index (κ3) is 2.35. The van der Waals surface area contributed by atoms with Crippen molar-refractivity contribution in [1.29, 1.82) is 0 Å². The highest BCUT2D eigenvalue weighted by Crippen LogP contribution is 2.22. The summed E-state index contributed by atoms with van der Waals surface area (Å²) in [7, 11) is 0. The van der Waals surface area contributed by atoms with E-state index in [2.05, 4.69) is 20.8 Å². The lowest BCUT2D eigenvalue weighted by Crippen LogP contribution is -2.43. The van der Waals surface area contributed by atoms with Crippen LogP contribution in [0.4, 0.5) is 0 Å². The number of rotatable bonds is 1. The Morgan fingerprint density at radius 2 is 2.14 bits per heavy atom. The topological polar surface area (TPSA) is 29.5 Å². The van der Waals surface area contributed by atoms with Gasteiger partial charge in [0.05, 0.1) is 6.10 Å². The first kappa shape index (κ1) is 11.2. The molecule has 0 saturated carbocycles. The van der Waals surface area contributed by atoms with E-state index in [0.717, 1.165) is 5.57 Å². The highest BCUT2D eigenvalue weighted by Gasteiger charge is 2.26. The second-order valence-electron chi connectivity index (χ2n) is 4.72. The Hall–Kier alpha value is -0.830. The Bertz CT molecular complexity index is 263. The molecule has 1 heterocycles. The van der Waals surface area contributed by atoms with Crippen molar-refractivity contribution in [2.24, 2.45) is 0 Å². The van der Waals surface area contributed by atoms with E-state index in [0.29, 0.717) is 6.73 Å². The smallest absolute Gasteiger partial charge is 0.159 e. The van der Waals surface area contributed by atoms with Gasteiger partial charge >= 0.3 is 0 Å². The fraction of sp³-hybridized carbons (Fsp3) is 0.727. The SMILES string of the molecule is CC(=O)C1=CN(C(C)(C)C)COC1C. The molecular formula is C11H19NO2. The summed E-state index contributed by atoms with van der Waals surface area (Å²) in [5.74, 6) is 0.0893. The van der Waals surface area contributed by atoms with Gasteiger partial charge in [-0.15, -0.1) is 0 Å². The molecule has 3 heteroatoms. The van der Waals surface area contributed by atoms with E-state index in [4.69, 9.17) is 4.74 Å². The molecule has 0 aromatic carbocycles. The van der Waals surface area contributed by atoms with Gasteiger partial charge in [-0.25, -0.2) is 0 Å².